The van der Waals surface area contributed by atoms with Gasteiger partial charge in [-0.15, -0.1) is 11.3 Å². The maximum absolute atomic E-state index is 13.3. The molecule has 1 fully saturated rings. The lowest BCUT2D eigenvalue weighted by atomic mass is 9.86. The number of thiophene rings is 1. The van der Waals surface area contributed by atoms with Gasteiger partial charge in [-0.1, -0.05) is 31.4 Å². The monoisotopic (exact) mass is 325 g/mol. The summed E-state index contributed by atoms with van der Waals surface area (Å²) < 4.78 is 14.0. The van der Waals surface area contributed by atoms with Gasteiger partial charge in [-0.25, -0.2) is 4.39 Å². The molecule has 1 heterocycles. The second kappa shape index (κ2) is 5.93. The van der Waals surface area contributed by atoms with Crippen molar-refractivity contribution in [2.24, 2.45) is 5.92 Å². The second-order valence-electron chi connectivity index (χ2n) is 5.73. The summed E-state index contributed by atoms with van der Waals surface area (Å²) in [6.45, 7) is 2.17. The predicted molar refractivity (Wildman–Crippen MR) is 85.7 cm³/mol. The zero-order valence-corrected chi connectivity index (χ0v) is 13.4. The smallest absolute Gasteiger partial charge is 0.263 e. The Hall–Kier alpha value is -1.13. The van der Waals surface area contributed by atoms with E-state index < -0.39 is 0 Å². The number of fused-ring (bicyclic) bond motifs is 1. The van der Waals surface area contributed by atoms with Gasteiger partial charge in [0.25, 0.3) is 5.91 Å². The Balaban J connectivity index is 1.85. The van der Waals surface area contributed by atoms with Crippen molar-refractivity contribution in [1.82, 2.24) is 5.32 Å². The zero-order valence-electron chi connectivity index (χ0n) is 11.8. The van der Waals surface area contributed by atoms with Crippen molar-refractivity contribution in [3.8, 4) is 0 Å². The molecule has 3 rings (SSSR count). The Bertz CT molecular complexity index is 684. The first kappa shape index (κ1) is 14.8. The number of hydrogen-bond donors (Lipinski definition) is 1. The largest absolute Gasteiger partial charge is 0.348 e. The van der Waals surface area contributed by atoms with E-state index in [1.54, 1.807) is 6.07 Å². The molecule has 112 valence electrons. The fraction of sp³-hybridized carbons (Fsp3) is 0.438. The number of nitrogens with one attached hydrogen (secondary N) is 1. The first-order valence-electron chi connectivity index (χ1n) is 7.24. The highest BCUT2D eigenvalue weighted by atomic mass is 35.5. The standard InChI is InChI=1S/C16H17ClFNOS/c1-9-4-2-3-5-12(9)19-16(20)15-14(17)11-7-6-10(18)8-13(11)21-15/h6-9,12H,2-5H2,1H3,(H,19,20). The van der Waals surface area contributed by atoms with Crippen LogP contribution in [0.5, 0.6) is 0 Å². The topological polar surface area (TPSA) is 29.1 Å². The van der Waals surface area contributed by atoms with E-state index >= 15 is 0 Å². The van der Waals surface area contributed by atoms with Crippen LogP contribution in [0.25, 0.3) is 10.1 Å². The van der Waals surface area contributed by atoms with Gasteiger partial charge in [0.1, 0.15) is 10.7 Å². The summed E-state index contributed by atoms with van der Waals surface area (Å²) in [7, 11) is 0. The number of carbonyl (C=O) groups is 1. The summed E-state index contributed by atoms with van der Waals surface area (Å²) in [4.78, 5) is 12.9. The van der Waals surface area contributed by atoms with Gasteiger partial charge in [0.15, 0.2) is 0 Å². The highest BCUT2D eigenvalue weighted by Gasteiger charge is 2.25. The van der Waals surface area contributed by atoms with E-state index in [-0.39, 0.29) is 17.8 Å². The van der Waals surface area contributed by atoms with Crippen molar-refractivity contribution >= 4 is 38.9 Å². The van der Waals surface area contributed by atoms with E-state index in [1.807, 2.05) is 0 Å². The van der Waals surface area contributed by atoms with Gasteiger partial charge in [-0.3, -0.25) is 4.79 Å². The number of carbonyl (C=O) groups excluding carboxylic acids is 1. The van der Waals surface area contributed by atoms with E-state index in [0.717, 1.165) is 24.6 Å². The molecular weight excluding hydrogens is 309 g/mol. The van der Waals surface area contributed by atoms with Gasteiger partial charge in [-0.05, 0) is 37.0 Å². The number of rotatable bonds is 2. The molecule has 1 aliphatic carbocycles. The number of hydrogen-bond acceptors (Lipinski definition) is 2. The Morgan fingerprint density at radius 3 is 2.90 bits per heavy atom. The highest BCUT2D eigenvalue weighted by molar-refractivity contribution is 7.21. The molecule has 0 spiro atoms. The van der Waals surface area contributed by atoms with Gasteiger partial charge < -0.3 is 5.32 Å². The Kier molecular flexibility index (Phi) is 4.18. The molecule has 0 saturated heterocycles. The van der Waals surface area contributed by atoms with E-state index in [4.69, 9.17) is 11.6 Å². The quantitative estimate of drug-likeness (QED) is 0.827. The third kappa shape index (κ3) is 2.92. The molecule has 0 aliphatic heterocycles. The summed E-state index contributed by atoms with van der Waals surface area (Å²) in [6.07, 6.45) is 4.55. The van der Waals surface area contributed by atoms with Crippen LogP contribution in [0, 0.1) is 11.7 Å². The molecule has 21 heavy (non-hydrogen) atoms. The van der Waals surface area contributed by atoms with Crippen LogP contribution >= 0.6 is 22.9 Å². The lowest BCUT2D eigenvalue weighted by Crippen LogP contribution is -2.40. The van der Waals surface area contributed by atoms with Crippen LogP contribution in [0.3, 0.4) is 0 Å². The molecule has 2 unspecified atom stereocenters. The number of amides is 1. The molecule has 1 aromatic carbocycles. The maximum Gasteiger partial charge on any atom is 0.263 e. The van der Waals surface area contributed by atoms with Crippen LogP contribution in [0.2, 0.25) is 5.02 Å². The lowest BCUT2D eigenvalue weighted by Gasteiger charge is -2.29. The van der Waals surface area contributed by atoms with E-state index in [0.29, 0.717) is 20.5 Å². The molecule has 1 amide bonds. The molecule has 1 saturated carbocycles. The Morgan fingerprint density at radius 1 is 1.38 bits per heavy atom. The molecule has 2 nitrogen and oxygen atoms in total. The van der Waals surface area contributed by atoms with Crippen LogP contribution in [0.1, 0.15) is 42.3 Å². The second-order valence-corrected chi connectivity index (χ2v) is 7.16. The lowest BCUT2D eigenvalue weighted by molar-refractivity contribution is 0.0914. The van der Waals surface area contributed by atoms with Gasteiger partial charge in [0.2, 0.25) is 0 Å². The summed E-state index contributed by atoms with van der Waals surface area (Å²) in [5, 5.41) is 4.26. The number of benzene rings is 1. The summed E-state index contributed by atoms with van der Waals surface area (Å²) in [5.74, 6) is 0.0435. The Morgan fingerprint density at radius 2 is 2.14 bits per heavy atom. The van der Waals surface area contributed by atoms with Crippen LogP contribution in [-0.4, -0.2) is 11.9 Å². The molecule has 2 atom stereocenters. The molecule has 0 radical (unpaired) electrons. The molecule has 1 N–H and O–H groups in total. The molecule has 1 aliphatic rings. The van der Waals surface area contributed by atoms with Crippen molar-refractivity contribution in [2.75, 3.05) is 0 Å². The maximum atomic E-state index is 13.3. The van der Waals surface area contributed by atoms with Gasteiger partial charge >= 0.3 is 0 Å². The molecule has 1 aromatic heterocycles. The summed E-state index contributed by atoms with van der Waals surface area (Å²) in [5.41, 5.74) is 0. The van der Waals surface area contributed by atoms with Crippen LogP contribution in [-0.2, 0) is 0 Å². The first-order chi connectivity index (χ1) is 10.1. The van der Waals surface area contributed by atoms with Crippen molar-refractivity contribution in [2.45, 2.75) is 38.6 Å². The van der Waals surface area contributed by atoms with Crippen LogP contribution in [0.4, 0.5) is 4.39 Å². The molecule has 5 heteroatoms. The molecule has 2 aromatic rings. The number of halogens is 2. The average molecular weight is 326 g/mol. The third-order valence-electron chi connectivity index (χ3n) is 4.23. The SMILES string of the molecule is CC1CCCCC1NC(=O)c1sc2cc(F)ccc2c1Cl. The minimum atomic E-state index is -0.312. The van der Waals surface area contributed by atoms with Crippen LogP contribution in [0.15, 0.2) is 18.2 Å². The zero-order chi connectivity index (χ0) is 15.0. The van der Waals surface area contributed by atoms with E-state index in [2.05, 4.69) is 12.2 Å². The third-order valence-corrected chi connectivity index (χ3v) is 5.88. The minimum Gasteiger partial charge on any atom is -0.348 e. The van der Waals surface area contributed by atoms with Gasteiger partial charge in [0.05, 0.1) is 5.02 Å². The van der Waals surface area contributed by atoms with E-state index in [9.17, 15) is 9.18 Å². The van der Waals surface area contributed by atoms with Crippen molar-refractivity contribution in [3.05, 3.63) is 33.9 Å². The van der Waals surface area contributed by atoms with E-state index in [1.165, 1.54) is 29.9 Å². The van der Waals surface area contributed by atoms with Gasteiger partial charge in [0, 0.05) is 16.1 Å². The molecular formula is C16H17ClFNOS. The van der Waals surface area contributed by atoms with Crippen LogP contribution < -0.4 is 5.32 Å². The summed E-state index contributed by atoms with van der Waals surface area (Å²) in [6, 6.07) is 4.63. The Labute approximate surface area is 132 Å². The summed E-state index contributed by atoms with van der Waals surface area (Å²) >= 11 is 7.54. The van der Waals surface area contributed by atoms with Crippen molar-refractivity contribution < 1.29 is 9.18 Å². The minimum absolute atomic E-state index is 0.139. The van der Waals surface area contributed by atoms with Gasteiger partial charge in [-0.2, -0.15) is 0 Å². The van der Waals surface area contributed by atoms with Crippen molar-refractivity contribution in [3.63, 3.8) is 0 Å². The normalized spacial score (nSPS) is 22.4. The average Bonchev–Trinajstić information content (AvgIpc) is 2.78. The fourth-order valence-corrected chi connectivity index (χ4v) is 4.39. The predicted octanol–water partition coefficient (Wildman–Crippen LogP) is 5.00. The van der Waals surface area contributed by atoms with Crippen molar-refractivity contribution in [1.29, 1.82) is 0 Å². The molecule has 0 bridgehead atoms. The first-order valence-corrected chi connectivity index (χ1v) is 8.44. The fourth-order valence-electron chi connectivity index (χ4n) is 2.95. The highest BCUT2D eigenvalue weighted by Crippen LogP contribution is 2.36.